The van der Waals surface area contributed by atoms with Crippen molar-refractivity contribution in [3.63, 3.8) is 0 Å². The zero-order valence-corrected chi connectivity index (χ0v) is 19.4. The third kappa shape index (κ3) is 6.11. The molecular formula is C21H26ClF3N2O3Si. The number of carbonyl (C=O) groups excluding carboxylic acids is 1. The van der Waals surface area contributed by atoms with E-state index in [4.69, 9.17) is 20.6 Å². The predicted molar refractivity (Wildman–Crippen MR) is 114 cm³/mol. The molecule has 0 saturated heterocycles. The summed E-state index contributed by atoms with van der Waals surface area (Å²) in [5.74, 6) is -0.257. The van der Waals surface area contributed by atoms with E-state index in [9.17, 15) is 18.0 Å². The van der Waals surface area contributed by atoms with Crippen LogP contribution in [0.1, 0.15) is 47.3 Å². The fourth-order valence-corrected chi connectivity index (χ4v) is 5.21. The first-order valence-corrected chi connectivity index (χ1v) is 14.1. The number of aromatic nitrogens is 1. The molecule has 1 amide bonds. The van der Waals surface area contributed by atoms with Crippen molar-refractivity contribution in [1.29, 1.82) is 0 Å². The molecule has 3 rings (SSSR count). The summed E-state index contributed by atoms with van der Waals surface area (Å²) in [4.78, 5) is 12.8. The smallest absolute Gasteiger partial charge is 0.415 e. The van der Waals surface area contributed by atoms with Gasteiger partial charge in [-0.1, -0.05) is 17.3 Å². The highest BCUT2D eigenvalue weighted by Gasteiger charge is 2.31. The molecule has 170 valence electrons. The molecule has 31 heavy (non-hydrogen) atoms. The van der Waals surface area contributed by atoms with Gasteiger partial charge < -0.3 is 14.3 Å². The molecule has 0 radical (unpaired) electrons. The van der Waals surface area contributed by atoms with E-state index in [0.29, 0.717) is 11.1 Å². The highest BCUT2D eigenvalue weighted by atomic mass is 35.5. The van der Waals surface area contributed by atoms with Crippen molar-refractivity contribution < 1.29 is 26.9 Å². The lowest BCUT2D eigenvalue weighted by Gasteiger charge is -2.33. The van der Waals surface area contributed by atoms with Gasteiger partial charge in [0.2, 0.25) is 0 Å². The van der Waals surface area contributed by atoms with E-state index in [1.54, 1.807) is 0 Å². The van der Waals surface area contributed by atoms with Crippen molar-refractivity contribution in [2.75, 3.05) is 0 Å². The molecule has 0 spiro atoms. The van der Waals surface area contributed by atoms with Crippen LogP contribution < -0.4 is 5.32 Å². The van der Waals surface area contributed by atoms with Crippen molar-refractivity contribution in [3.8, 4) is 11.3 Å². The van der Waals surface area contributed by atoms with E-state index in [1.165, 1.54) is 12.1 Å². The lowest BCUT2D eigenvalue weighted by Crippen LogP contribution is -2.41. The van der Waals surface area contributed by atoms with Gasteiger partial charge in [-0.3, -0.25) is 4.79 Å². The quantitative estimate of drug-likeness (QED) is 0.412. The Hall–Kier alpha value is -1.84. The number of rotatable bonds is 6. The molecule has 1 aromatic heterocycles. The molecule has 2 aromatic rings. The maximum Gasteiger partial charge on any atom is 0.416 e. The Morgan fingerprint density at radius 1 is 1.19 bits per heavy atom. The summed E-state index contributed by atoms with van der Waals surface area (Å²) in [5, 5.41) is 6.82. The fourth-order valence-electron chi connectivity index (χ4n) is 3.73. The Morgan fingerprint density at radius 2 is 1.81 bits per heavy atom. The number of halogens is 4. The topological polar surface area (TPSA) is 64.4 Å². The average Bonchev–Trinajstić information content (AvgIpc) is 3.12. The molecular weight excluding hydrogens is 449 g/mol. The lowest BCUT2D eigenvalue weighted by molar-refractivity contribution is -0.137. The van der Waals surface area contributed by atoms with Gasteiger partial charge in [-0.15, -0.1) is 11.6 Å². The van der Waals surface area contributed by atoms with Crippen LogP contribution in [0.25, 0.3) is 11.3 Å². The third-order valence-electron chi connectivity index (χ3n) is 5.14. The molecule has 1 aliphatic rings. The molecule has 1 aromatic carbocycles. The molecule has 1 fully saturated rings. The number of nitrogens with zero attached hydrogens (tertiary/aromatic N) is 1. The van der Waals surface area contributed by atoms with Gasteiger partial charge in [-0.05, 0) is 57.5 Å². The Balaban J connectivity index is 1.67. The number of alkyl halides is 4. The van der Waals surface area contributed by atoms with Crippen LogP contribution in [-0.2, 0) is 16.5 Å². The molecule has 1 N–H and O–H groups in total. The number of hydrogen-bond donors (Lipinski definition) is 1. The number of amides is 1. The molecule has 10 heteroatoms. The highest BCUT2D eigenvalue weighted by Crippen LogP contribution is 2.33. The predicted octanol–water partition coefficient (Wildman–Crippen LogP) is 5.99. The summed E-state index contributed by atoms with van der Waals surface area (Å²) in [6, 6.07) is 4.47. The summed E-state index contributed by atoms with van der Waals surface area (Å²) in [5.41, 5.74) is 0.0223. The van der Waals surface area contributed by atoms with E-state index in [1.807, 2.05) is 0 Å². The molecule has 1 saturated carbocycles. The van der Waals surface area contributed by atoms with Crippen molar-refractivity contribution >= 4 is 25.8 Å². The van der Waals surface area contributed by atoms with Crippen molar-refractivity contribution in [2.45, 2.75) is 69.5 Å². The molecule has 1 heterocycles. The Morgan fingerprint density at radius 3 is 2.32 bits per heavy atom. The summed E-state index contributed by atoms with van der Waals surface area (Å²) in [7, 11) is -1.59. The minimum atomic E-state index is -4.43. The summed E-state index contributed by atoms with van der Waals surface area (Å²) in [6.07, 6.45) is -0.821. The Labute approximate surface area is 185 Å². The lowest BCUT2D eigenvalue weighted by atomic mass is 9.93. The minimum absolute atomic E-state index is 0.00313. The normalized spacial score (nSPS) is 20.0. The second-order valence-corrected chi connectivity index (χ2v) is 13.5. The van der Waals surface area contributed by atoms with E-state index < -0.39 is 26.0 Å². The van der Waals surface area contributed by atoms with E-state index in [2.05, 4.69) is 30.1 Å². The van der Waals surface area contributed by atoms with Gasteiger partial charge in [0.15, 0.2) is 19.8 Å². The van der Waals surface area contributed by atoms with Crippen LogP contribution in [-0.4, -0.2) is 31.5 Å². The molecule has 0 bridgehead atoms. The van der Waals surface area contributed by atoms with Crippen molar-refractivity contribution in [2.24, 2.45) is 0 Å². The SMILES string of the molecule is C[Si](C)(C)OC1CCC(NC(=O)c2noc(-c3ccc(C(F)(F)F)cc3)c2CCl)CC1. The Kier molecular flexibility index (Phi) is 7.17. The maximum absolute atomic E-state index is 12.8. The van der Waals surface area contributed by atoms with Gasteiger partial charge in [0, 0.05) is 23.3 Å². The van der Waals surface area contributed by atoms with E-state index in [-0.39, 0.29) is 29.5 Å². The van der Waals surface area contributed by atoms with Crippen LogP contribution >= 0.6 is 11.6 Å². The summed E-state index contributed by atoms with van der Waals surface area (Å²) in [6.45, 7) is 6.48. The number of carbonyl (C=O) groups is 1. The molecule has 1 aliphatic carbocycles. The van der Waals surface area contributed by atoms with Gasteiger partial charge in [-0.2, -0.15) is 13.2 Å². The largest absolute Gasteiger partial charge is 0.416 e. The first-order chi connectivity index (χ1) is 14.5. The molecule has 0 aliphatic heterocycles. The van der Waals surface area contributed by atoms with Crippen LogP contribution in [0.2, 0.25) is 19.6 Å². The van der Waals surface area contributed by atoms with Crippen LogP contribution in [0, 0.1) is 0 Å². The van der Waals surface area contributed by atoms with Gasteiger partial charge >= 0.3 is 6.18 Å². The van der Waals surface area contributed by atoms with Gasteiger partial charge in [-0.25, -0.2) is 0 Å². The van der Waals surface area contributed by atoms with Gasteiger partial charge in [0.25, 0.3) is 5.91 Å². The number of hydrogen-bond acceptors (Lipinski definition) is 4. The number of nitrogens with one attached hydrogen (secondary N) is 1. The fraction of sp³-hybridized carbons (Fsp3) is 0.524. The van der Waals surface area contributed by atoms with Gasteiger partial charge in [0.1, 0.15) is 0 Å². The van der Waals surface area contributed by atoms with Gasteiger partial charge in [0.05, 0.1) is 11.4 Å². The average molecular weight is 475 g/mol. The van der Waals surface area contributed by atoms with Crippen LogP contribution in [0.4, 0.5) is 13.2 Å². The second kappa shape index (κ2) is 9.34. The Bertz CT molecular complexity index is 902. The highest BCUT2D eigenvalue weighted by molar-refractivity contribution is 6.69. The second-order valence-electron chi connectivity index (χ2n) is 8.72. The molecule has 0 unspecified atom stereocenters. The van der Waals surface area contributed by atoms with Crippen molar-refractivity contribution in [3.05, 3.63) is 41.1 Å². The number of benzene rings is 1. The maximum atomic E-state index is 12.8. The first-order valence-electron chi connectivity index (χ1n) is 10.2. The van der Waals surface area contributed by atoms with Crippen LogP contribution in [0.5, 0.6) is 0 Å². The zero-order valence-electron chi connectivity index (χ0n) is 17.7. The summed E-state index contributed by atoms with van der Waals surface area (Å²) < 4.78 is 49.8. The zero-order chi connectivity index (χ0) is 22.8. The first kappa shape index (κ1) is 23.8. The standard InChI is InChI=1S/C21H26ClF3N2O3Si/c1-31(2,3)30-16-10-8-15(9-11-16)26-20(28)18-17(12-22)19(29-27-18)13-4-6-14(7-5-13)21(23,24)25/h4-7,15-16H,8-12H2,1-3H3,(H,26,28). The van der Waals surface area contributed by atoms with E-state index in [0.717, 1.165) is 37.8 Å². The third-order valence-corrected chi connectivity index (χ3v) is 6.45. The van der Waals surface area contributed by atoms with E-state index >= 15 is 0 Å². The van der Waals surface area contributed by atoms with Crippen molar-refractivity contribution in [1.82, 2.24) is 10.5 Å². The minimum Gasteiger partial charge on any atom is -0.415 e. The molecule has 0 atom stereocenters. The monoisotopic (exact) mass is 474 g/mol. The van der Waals surface area contributed by atoms with Crippen LogP contribution in [0.3, 0.4) is 0 Å². The molecule has 5 nitrogen and oxygen atoms in total. The summed E-state index contributed by atoms with van der Waals surface area (Å²) >= 11 is 6.03. The van der Waals surface area contributed by atoms with Crippen LogP contribution in [0.15, 0.2) is 28.8 Å².